The van der Waals surface area contributed by atoms with Gasteiger partial charge in [-0.15, -0.1) is 53.6 Å². The minimum absolute atomic E-state index is 0. The van der Waals surface area contributed by atoms with Crippen LogP contribution in [0.4, 0.5) is 31.5 Å². The van der Waals surface area contributed by atoms with E-state index in [1.165, 1.54) is 12.1 Å². The minimum atomic E-state index is -0.663. The van der Waals surface area contributed by atoms with Crippen LogP contribution >= 0.6 is 0 Å². The minimum Gasteiger partial charge on any atom is -0.509 e. The molecule has 0 bridgehead atoms. The molecule has 3 heterocycles. The number of hydrogen-bond acceptors (Lipinski definition) is 4. The van der Waals surface area contributed by atoms with Gasteiger partial charge < -0.3 is 19.1 Å². The van der Waals surface area contributed by atoms with E-state index in [0.717, 1.165) is 78.4 Å². The molecule has 0 N–H and O–H groups in total. The van der Waals surface area contributed by atoms with Crippen LogP contribution in [0.1, 0.15) is 11.1 Å². The van der Waals surface area contributed by atoms with E-state index in [0.29, 0.717) is 17.2 Å². The summed E-state index contributed by atoms with van der Waals surface area (Å²) in [5, 5.41) is 2.12. The van der Waals surface area contributed by atoms with Crippen LogP contribution in [0.5, 0.6) is 11.5 Å². The van der Waals surface area contributed by atoms with Crippen molar-refractivity contribution in [1.29, 1.82) is 0 Å². The van der Waals surface area contributed by atoms with Gasteiger partial charge in [0, 0.05) is 67.4 Å². The molecule has 9 aromatic rings. The van der Waals surface area contributed by atoms with E-state index >= 15 is 4.39 Å². The molecule has 0 radical (unpaired) electrons. The van der Waals surface area contributed by atoms with Gasteiger partial charge in [-0.1, -0.05) is 84.4 Å². The molecule has 58 heavy (non-hydrogen) atoms. The third-order valence-electron chi connectivity index (χ3n) is 10.5. The second-order valence-electron chi connectivity index (χ2n) is 14.1. The first-order valence-electron chi connectivity index (χ1n) is 18.7. The van der Waals surface area contributed by atoms with E-state index in [1.54, 1.807) is 11.1 Å². The molecule has 0 unspecified atom stereocenters. The van der Waals surface area contributed by atoms with Crippen LogP contribution in [0, 0.1) is 44.3 Å². The van der Waals surface area contributed by atoms with Crippen molar-refractivity contribution < 1.29 is 34.6 Å². The number of para-hydroxylation sites is 3. The third-order valence-corrected chi connectivity index (χ3v) is 10.5. The number of aromatic nitrogens is 2. The first-order valence-corrected chi connectivity index (χ1v) is 18.7. The largest absolute Gasteiger partial charge is 0.509 e. The number of anilines is 4. The van der Waals surface area contributed by atoms with Crippen LogP contribution in [-0.4, -0.2) is 9.55 Å². The number of halogens is 2. The number of aryl methyl sites for hydroxylation is 2. The van der Waals surface area contributed by atoms with E-state index in [4.69, 9.17) is 4.74 Å². The smallest absolute Gasteiger partial charge is 0.147 e. The standard InChI is InChI=1S/C50H33F2N4O.Pt/c1-32-24-35(34-12-4-3-5-13-34)25-33(2)50(32)36-26-38(54-31-55(47-17-9-8-16-46(47)54)45-22-19-37(51)28-43(45)52)29-40(27-36)57-39-20-21-42-41-14-6-7-15-44(41)56(48(42)30-39)49-18-10-11-23-53-49;/h3-28,31H,1-2H3;/q-3;. The van der Waals surface area contributed by atoms with Gasteiger partial charge in [-0.3, -0.25) is 0 Å². The van der Waals surface area contributed by atoms with Gasteiger partial charge in [-0.25, -0.2) is 13.8 Å². The average Bonchev–Trinajstić information content (AvgIpc) is 3.77. The van der Waals surface area contributed by atoms with Crippen LogP contribution in [-0.2, 0) is 21.1 Å². The summed E-state index contributed by atoms with van der Waals surface area (Å²) in [4.78, 5) is 8.37. The van der Waals surface area contributed by atoms with Crippen molar-refractivity contribution in [3.63, 3.8) is 0 Å². The van der Waals surface area contributed by atoms with E-state index in [2.05, 4.69) is 84.1 Å². The van der Waals surface area contributed by atoms with Crippen molar-refractivity contribution >= 4 is 44.6 Å². The van der Waals surface area contributed by atoms with Gasteiger partial charge in [0.25, 0.3) is 0 Å². The summed E-state index contributed by atoms with van der Waals surface area (Å²) < 4.78 is 38.2. The van der Waals surface area contributed by atoms with Gasteiger partial charge in [0.1, 0.15) is 17.5 Å². The maximum Gasteiger partial charge on any atom is 0.147 e. The Hall–Kier alpha value is -6.56. The summed E-state index contributed by atoms with van der Waals surface area (Å²) in [5.74, 6) is 0.465. The number of benzene rings is 7. The van der Waals surface area contributed by atoms with Gasteiger partial charge in [-0.05, 0) is 89.5 Å². The molecular formula is C50H33F2N4OPt-3. The topological polar surface area (TPSA) is 33.5 Å². The summed E-state index contributed by atoms with van der Waals surface area (Å²) in [6, 6.07) is 55.4. The first kappa shape index (κ1) is 37.0. The van der Waals surface area contributed by atoms with E-state index in [-0.39, 0.29) is 26.8 Å². The molecule has 286 valence electrons. The molecule has 0 amide bonds. The molecule has 10 rings (SSSR count). The number of pyridine rings is 1. The normalized spacial score (nSPS) is 12.2. The van der Waals surface area contributed by atoms with Gasteiger partial charge in [-0.2, -0.15) is 6.07 Å². The first-order chi connectivity index (χ1) is 27.9. The molecule has 1 aliphatic rings. The molecule has 2 aromatic heterocycles. The summed E-state index contributed by atoms with van der Waals surface area (Å²) >= 11 is 0. The van der Waals surface area contributed by atoms with Gasteiger partial charge in [0.05, 0.1) is 0 Å². The summed E-state index contributed by atoms with van der Waals surface area (Å²) in [6.45, 7) is 6.06. The zero-order valence-corrected chi connectivity index (χ0v) is 33.6. The van der Waals surface area contributed by atoms with E-state index < -0.39 is 11.6 Å². The monoisotopic (exact) mass is 938 g/mol. The maximum absolute atomic E-state index is 15.3. The van der Waals surface area contributed by atoms with Crippen LogP contribution in [0.15, 0.2) is 158 Å². The van der Waals surface area contributed by atoms with Crippen LogP contribution < -0.4 is 14.5 Å². The van der Waals surface area contributed by atoms with Crippen molar-refractivity contribution in [2.75, 3.05) is 9.80 Å². The van der Waals surface area contributed by atoms with Crippen molar-refractivity contribution in [2.45, 2.75) is 13.8 Å². The zero-order valence-electron chi connectivity index (χ0n) is 31.4. The molecule has 0 spiro atoms. The van der Waals surface area contributed by atoms with Crippen molar-refractivity contribution in [2.24, 2.45) is 0 Å². The van der Waals surface area contributed by atoms with Crippen LogP contribution in [0.3, 0.4) is 0 Å². The fourth-order valence-electron chi connectivity index (χ4n) is 8.02. The molecule has 1 aliphatic heterocycles. The molecule has 8 heteroatoms. The Kier molecular flexibility index (Phi) is 9.63. The van der Waals surface area contributed by atoms with Crippen molar-refractivity contribution in [3.05, 3.63) is 199 Å². The summed E-state index contributed by atoms with van der Waals surface area (Å²) in [7, 11) is 0. The van der Waals surface area contributed by atoms with Gasteiger partial charge >= 0.3 is 0 Å². The predicted molar refractivity (Wildman–Crippen MR) is 224 cm³/mol. The number of rotatable bonds is 7. The molecule has 5 nitrogen and oxygen atoms in total. The Morgan fingerprint density at radius 3 is 2.07 bits per heavy atom. The number of fused-ring (bicyclic) bond motifs is 4. The zero-order chi connectivity index (χ0) is 38.6. The molecular weight excluding hydrogens is 906 g/mol. The molecule has 0 fully saturated rings. The Morgan fingerprint density at radius 2 is 1.31 bits per heavy atom. The van der Waals surface area contributed by atoms with Crippen LogP contribution in [0.2, 0.25) is 0 Å². The Balaban J connectivity index is 0.00000436. The Morgan fingerprint density at radius 1 is 0.586 bits per heavy atom. The maximum atomic E-state index is 15.3. The Labute approximate surface area is 349 Å². The summed E-state index contributed by atoms with van der Waals surface area (Å²) in [6.07, 6.45) is 1.79. The van der Waals surface area contributed by atoms with Crippen molar-refractivity contribution in [1.82, 2.24) is 9.55 Å². The molecule has 0 saturated heterocycles. The van der Waals surface area contributed by atoms with Gasteiger partial charge in [0.2, 0.25) is 0 Å². The summed E-state index contributed by atoms with van der Waals surface area (Å²) in [5.41, 5.74) is 10.8. The third kappa shape index (κ3) is 6.51. The SMILES string of the molecule is Cc1cc(-c2ccccc2)cc(C)c1-c1cc(Oc2[c-]c3c(cc2)c2ccccc2n3-c2ccccn2)[c-]c(N2[CH-]N(c3ccc(F)cc3F)c3ccccc32)c1.[Pt]. The molecule has 0 atom stereocenters. The predicted octanol–water partition coefficient (Wildman–Crippen LogP) is 13.2. The fourth-order valence-corrected chi connectivity index (χ4v) is 8.02. The number of nitrogens with zero attached hydrogens (tertiary/aromatic N) is 4. The second-order valence-corrected chi connectivity index (χ2v) is 14.1. The molecule has 7 aromatic carbocycles. The van der Waals surface area contributed by atoms with Crippen LogP contribution in [0.25, 0.3) is 49.9 Å². The van der Waals surface area contributed by atoms with Gasteiger partial charge in [0.15, 0.2) is 0 Å². The fraction of sp³-hybridized carbons (Fsp3) is 0.0400. The van der Waals surface area contributed by atoms with E-state index in [9.17, 15) is 4.39 Å². The average molecular weight is 939 g/mol. The van der Waals surface area contributed by atoms with Crippen molar-refractivity contribution in [3.8, 4) is 39.6 Å². The molecule has 0 aliphatic carbocycles. The quantitative estimate of drug-likeness (QED) is 0.149. The van der Waals surface area contributed by atoms with E-state index in [1.807, 2.05) is 96.5 Å². The second kappa shape index (κ2) is 15.1. The number of hydrogen-bond donors (Lipinski definition) is 0. The number of ether oxygens (including phenoxy) is 1. The molecule has 0 saturated carbocycles. The Bertz CT molecular complexity index is 2960.